The van der Waals surface area contributed by atoms with E-state index in [1.54, 1.807) is 0 Å². The Bertz CT molecular complexity index is 1100. The third-order valence-corrected chi connectivity index (χ3v) is 6.63. The molecule has 0 saturated carbocycles. The van der Waals surface area contributed by atoms with Crippen molar-refractivity contribution in [2.45, 2.75) is 57.3 Å². The molecule has 0 aliphatic carbocycles. The lowest BCUT2D eigenvalue weighted by molar-refractivity contribution is -0.121. The highest BCUT2D eigenvalue weighted by Gasteiger charge is 2.30. The first-order valence-electron chi connectivity index (χ1n) is 13.0. The van der Waals surface area contributed by atoms with Crippen molar-refractivity contribution in [3.63, 3.8) is 0 Å². The summed E-state index contributed by atoms with van der Waals surface area (Å²) in [5, 5.41) is 13.4. The number of aliphatic hydroxyl groups is 1. The van der Waals surface area contributed by atoms with Gasteiger partial charge in [0.15, 0.2) is 0 Å². The van der Waals surface area contributed by atoms with Gasteiger partial charge in [-0.15, -0.1) is 12.8 Å². The molecule has 0 unspecified atom stereocenters. The average Bonchev–Trinajstić information content (AvgIpc) is 2.90. The maximum absolute atomic E-state index is 12.0. The van der Waals surface area contributed by atoms with Crippen LogP contribution >= 0.6 is 0 Å². The quantitative estimate of drug-likeness (QED) is 0.433. The molecule has 37 heavy (non-hydrogen) atoms. The number of carbonyl (C=O) groups is 1. The van der Waals surface area contributed by atoms with Crippen LogP contribution in [0.3, 0.4) is 0 Å². The topological polar surface area (TPSA) is 71.0 Å². The maximum Gasteiger partial charge on any atom is 0.223 e. The summed E-state index contributed by atoms with van der Waals surface area (Å²) in [7, 11) is 1.92. The van der Waals surface area contributed by atoms with Gasteiger partial charge < -0.3 is 19.9 Å². The highest BCUT2D eigenvalue weighted by atomic mass is 16.5. The van der Waals surface area contributed by atoms with Crippen LogP contribution in [0.25, 0.3) is 0 Å². The smallest absolute Gasteiger partial charge is 0.223 e. The molecule has 0 radical (unpaired) electrons. The fourth-order valence-electron chi connectivity index (χ4n) is 4.45. The van der Waals surface area contributed by atoms with E-state index in [2.05, 4.69) is 30.1 Å². The second kappa shape index (κ2) is 14.4. The Kier molecular flexibility index (Phi) is 11.0. The van der Waals surface area contributed by atoms with Gasteiger partial charge in [0.2, 0.25) is 5.91 Å². The van der Waals surface area contributed by atoms with Crippen LogP contribution in [0.15, 0.2) is 42.5 Å². The molecule has 196 valence electrons. The first-order chi connectivity index (χ1) is 17.9. The van der Waals surface area contributed by atoms with Crippen LogP contribution in [0.1, 0.15) is 61.0 Å². The molecule has 1 aliphatic heterocycles. The van der Waals surface area contributed by atoms with Gasteiger partial charge in [0.25, 0.3) is 0 Å². The zero-order chi connectivity index (χ0) is 26.6. The second-order valence-electron chi connectivity index (χ2n) is 9.50. The minimum absolute atomic E-state index is 0.0512. The fourth-order valence-corrected chi connectivity index (χ4v) is 4.45. The predicted molar refractivity (Wildman–Crippen MR) is 146 cm³/mol. The third kappa shape index (κ3) is 8.65. The third-order valence-electron chi connectivity index (χ3n) is 6.63. The van der Waals surface area contributed by atoms with E-state index in [1.807, 2.05) is 48.3 Å². The number of likely N-dealkylation sites (N-methyl/N-ethyl adjacent to an activating group) is 1. The van der Waals surface area contributed by atoms with Gasteiger partial charge in [0, 0.05) is 18.7 Å². The normalized spacial score (nSPS) is 19.1. The lowest BCUT2D eigenvalue weighted by Gasteiger charge is -2.34. The lowest BCUT2D eigenvalue weighted by atomic mass is 9.91. The molecule has 1 heterocycles. The molecule has 2 aromatic rings. The molecule has 2 N–H and O–H groups in total. The van der Waals surface area contributed by atoms with Gasteiger partial charge in [-0.2, -0.15) is 0 Å². The standard InChI is InChI=1S/C31H38N2O4/c1-5-18-33(4)19-17-32-30(35)16-20-36-28-12-8-23(9-13-28)21-26-22-25(11-10-24(26)6-2)31-29(34)15-14-27(7-3)37-31/h1-2,8-13,22,27,29,31,34H,7,14-21H2,3-4H3,(H,32,35)/t27-,29-,31+/m1/s1. The maximum atomic E-state index is 12.0. The summed E-state index contributed by atoms with van der Waals surface area (Å²) in [6.45, 7) is 4.23. The van der Waals surface area contributed by atoms with Gasteiger partial charge in [-0.25, -0.2) is 0 Å². The van der Waals surface area contributed by atoms with E-state index in [9.17, 15) is 9.90 Å². The Hall–Kier alpha value is -3.29. The number of nitrogens with zero attached hydrogens (tertiary/aromatic N) is 1. The van der Waals surface area contributed by atoms with E-state index in [1.165, 1.54) is 0 Å². The molecular formula is C31H38N2O4. The Morgan fingerprint density at radius 1 is 1.22 bits per heavy atom. The van der Waals surface area contributed by atoms with Gasteiger partial charge in [0.05, 0.1) is 31.8 Å². The van der Waals surface area contributed by atoms with Crippen molar-refractivity contribution in [3.05, 3.63) is 64.7 Å². The van der Waals surface area contributed by atoms with Crippen LogP contribution in [-0.2, 0) is 16.0 Å². The first-order valence-corrected chi connectivity index (χ1v) is 13.0. The van der Waals surface area contributed by atoms with Crippen molar-refractivity contribution in [3.8, 4) is 30.4 Å². The van der Waals surface area contributed by atoms with E-state index in [4.69, 9.17) is 22.3 Å². The first kappa shape index (κ1) is 28.3. The van der Waals surface area contributed by atoms with Gasteiger partial charge in [-0.1, -0.05) is 43.0 Å². The molecular weight excluding hydrogens is 464 g/mol. The summed E-state index contributed by atoms with van der Waals surface area (Å²) < 4.78 is 11.9. The minimum atomic E-state index is -0.513. The molecule has 1 saturated heterocycles. The largest absolute Gasteiger partial charge is 0.493 e. The fraction of sp³-hybridized carbons (Fsp3) is 0.452. The molecule has 6 heteroatoms. The summed E-state index contributed by atoms with van der Waals surface area (Å²) in [5.74, 6) is 6.01. The van der Waals surface area contributed by atoms with E-state index in [0.29, 0.717) is 38.4 Å². The zero-order valence-corrected chi connectivity index (χ0v) is 21.9. The van der Waals surface area contributed by atoms with Crippen LogP contribution < -0.4 is 10.1 Å². The van der Waals surface area contributed by atoms with Crippen LogP contribution in [0.5, 0.6) is 5.75 Å². The van der Waals surface area contributed by atoms with Gasteiger partial charge in [0.1, 0.15) is 11.9 Å². The van der Waals surface area contributed by atoms with E-state index < -0.39 is 6.10 Å². The number of hydrogen-bond donors (Lipinski definition) is 2. The molecule has 3 rings (SSSR count). The molecule has 2 aromatic carbocycles. The Balaban J connectivity index is 1.53. The molecule has 0 spiro atoms. The number of nitrogens with one attached hydrogen (secondary N) is 1. The van der Waals surface area contributed by atoms with E-state index in [0.717, 1.165) is 41.5 Å². The molecule has 0 bridgehead atoms. The van der Waals surface area contributed by atoms with Gasteiger partial charge in [-0.05, 0) is 67.6 Å². The lowest BCUT2D eigenvalue weighted by Crippen LogP contribution is -2.33. The number of ether oxygens (including phenoxy) is 2. The van der Waals surface area contributed by atoms with Crippen LogP contribution in [0.2, 0.25) is 0 Å². The van der Waals surface area contributed by atoms with Crippen molar-refractivity contribution >= 4 is 5.91 Å². The van der Waals surface area contributed by atoms with Gasteiger partial charge >= 0.3 is 0 Å². The number of carbonyl (C=O) groups excluding carboxylic acids is 1. The number of aliphatic hydroxyl groups excluding tert-OH is 1. The SMILES string of the molecule is C#CCN(C)CCNC(=O)CCOc1ccc(Cc2cc([C@@H]3O[C@H](CC)CC[C@H]3O)ccc2C#C)cc1. The Morgan fingerprint density at radius 2 is 2.00 bits per heavy atom. The number of amides is 1. The van der Waals surface area contributed by atoms with Crippen molar-refractivity contribution in [1.29, 1.82) is 0 Å². The van der Waals surface area contributed by atoms with Crippen molar-refractivity contribution in [2.24, 2.45) is 0 Å². The zero-order valence-electron chi connectivity index (χ0n) is 21.9. The molecule has 3 atom stereocenters. The Labute approximate surface area is 221 Å². The van der Waals surface area contributed by atoms with Crippen LogP contribution in [0.4, 0.5) is 0 Å². The summed E-state index contributed by atoms with van der Waals surface area (Å²) in [4.78, 5) is 14.0. The monoisotopic (exact) mass is 502 g/mol. The van der Waals surface area contributed by atoms with E-state index in [-0.39, 0.29) is 24.5 Å². The molecule has 0 aromatic heterocycles. The van der Waals surface area contributed by atoms with Crippen molar-refractivity contribution in [2.75, 3.05) is 33.3 Å². The molecule has 1 amide bonds. The predicted octanol–water partition coefficient (Wildman–Crippen LogP) is 3.70. The van der Waals surface area contributed by atoms with Crippen LogP contribution in [0, 0.1) is 24.7 Å². The van der Waals surface area contributed by atoms with Crippen molar-refractivity contribution < 1.29 is 19.4 Å². The van der Waals surface area contributed by atoms with Gasteiger partial charge in [-0.3, -0.25) is 9.69 Å². The molecule has 6 nitrogen and oxygen atoms in total. The number of terminal acetylenes is 2. The van der Waals surface area contributed by atoms with E-state index >= 15 is 0 Å². The average molecular weight is 503 g/mol. The highest BCUT2D eigenvalue weighted by Crippen LogP contribution is 2.34. The molecule has 1 aliphatic rings. The second-order valence-corrected chi connectivity index (χ2v) is 9.50. The number of rotatable bonds is 12. The summed E-state index contributed by atoms with van der Waals surface area (Å²) >= 11 is 0. The van der Waals surface area contributed by atoms with Crippen LogP contribution in [-0.4, -0.2) is 61.4 Å². The number of benzene rings is 2. The highest BCUT2D eigenvalue weighted by molar-refractivity contribution is 5.75. The van der Waals surface area contributed by atoms with Crippen molar-refractivity contribution in [1.82, 2.24) is 10.2 Å². The summed E-state index contributed by atoms with van der Waals surface area (Å²) in [6, 6.07) is 13.8. The summed E-state index contributed by atoms with van der Waals surface area (Å²) in [5.41, 5.74) is 3.90. The number of hydrogen-bond acceptors (Lipinski definition) is 5. The minimum Gasteiger partial charge on any atom is -0.493 e. The Morgan fingerprint density at radius 3 is 2.70 bits per heavy atom. The molecule has 1 fully saturated rings. The summed E-state index contributed by atoms with van der Waals surface area (Å²) in [6.07, 6.45) is 13.9.